The minimum Gasteiger partial charge on any atom is -0.292 e. The maximum atomic E-state index is 12.0. The Morgan fingerprint density at radius 3 is 2.28 bits per heavy atom. The predicted octanol–water partition coefficient (Wildman–Crippen LogP) is 4.98. The van der Waals surface area contributed by atoms with Crippen LogP contribution in [-0.2, 0) is 10.8 Å². The van der Waals surface area contributed by atoms with Crippen molar-refractivity contribution in [1.29, 1.82) is 0 Å². The van der Waals surface area contributed by atoms with Gasteiger partial charge in [0, 0.05) is 4.88 Å². The summed E-state index contributed by atoms with van der Waals surface area (Å²) in [5, 5.41) is 0.425. The van der Waals surface area contributed by atoms with Gasteiger partial charge in [-0.1, -0.05) is 43.6 Å². The fraction of sp³-hybridized carbons (Fsp3) is 0.667. The lowest BCUT2D eigenvalue weighted by Crippen LogP contribution is -2.32. The minimum atomic E-state index is 0.205. The molecule has 0 unspecified atom stereocenters. The van der Waals surface area contributed by atoms with E-state index in [1.165, 1.54) is 28.8 Å². The second-order valence-electron chi connectivity index (χ2n) is 6.58. The molecule has 0 aliphatic heterocycles. The Morgan fingerprint density at radius 1 is 1.22 bits per heavy atom. The summed E-state index contributed by atoms with van der Waals surface area (Å²) in [6.45, 7) is 11.3. The van der Waals surface area contributed by atoms with Crippen LogP contribution in [0.1, 0.15) is 66.2 Å². The molecule has 0 atom stereocenters. The molecule has 1 aliphatic rings. The number of hydrogen-bond acceptors (Lipinski definition) is 2. The molecular weight excluding hydrogens is 308 g/mol. The number of carbonyl (C=O) groups is 1. The van der Waals surface area contributed by atoms with E-state index in [4.69, 9.17) is 0 Å². The van der Waals surface area contributed by atoms with Crippen molar-refractivity contribution in [3.05, 3.63) is 20.9 Å². The van der Waals surface area contributed by atoms with Crippen LogP contribution >= 0.6 is 27.3 Å². The van der Waals surface area contributed by atoms with Crippen LogP contribution in [0.2, 0.25) is 0 Å². The highest BCUT2D eigenvalue weighted by atomic mass is 79.9. The molecule has 1 aromatic heterocycles. The number of ketones is 1. The molecule has 0 aromatic carbocycles. The van der Waals surface area contributed by atoms with Crippen LogP contribution in [0.3, 0.4) is 0 Å². The number of hydrogen-bond donors (Lipinski definition) is 0. The Kier molecular flexibility index (Phi) is 3.52. The van der Waals surface area contributed by atoms with Gasteiger partial charge in [-0.25, -0.2) is 0 Å². The summed E-state index contributed by atoms with van der Waals surface area (Å²) in [5.41, 5.74) is 3.08. The summed E-state index contributed by atoms with van der Waals surface area (Å²) in [7, 11) is 0. The summed E-state index contributed by atoms with van der Waals surface area (Å²) < 4.78 is 0. The quantitative estimate of drug-likeness (QED) is 0.552. The lowest BCUT2D eigenvalue weighted by atomic mass is 9.66. The van der Waals surface area contributed by atoms with Crippen molar-refractivity contribution >= 4 is 33.0 Å². The third kappa shape index (κ3) is 2.09. The topological polar surface area (TPSA) is 17.1 Å². The van der Waals surface area contributed by atoms with Gasteiger partial charge in [0.1, 0.15) is 0 Å². The van der Waals surface area contributed by atoms with E-state index in [0.717, 1.165) is 4.88 Å². The van der Waals surface area contributed by atoms with Gasteiger partial charge < -0.3 is 0 Å². The van der Waals surface area contributed by atoms with Crippen molar-refractivity contribution in [2.45, 2.75) is 58.3 Å². The van der Waals surface area contributed by atoms with Crippen LogP contribution in [0.25, 0.3) is 0 Å². The summed E-state index contributed by atoms with van der Waals surface area (Å²) in [6.07, 6.45) is 2.40. The zero-order valence-corrected chi connectivity index (χ0v) is 14.2. The van der Waals surface area contributed by atoms with E-state index in [9.17, 15) is 4.79 Å². The fourth-order valence-corrected chi connectivity index (χ4v) is 5.02. The molecule has 1 aliphatic carbocycles. The van der Waals surface area contributed by atoms with E-state index in [1.807, 2.05) is 0 Å². The first-order valence-corrected chi connectivity index (χ1v) is 8.38. The summed E-state index contributed by atoms with van der Waals surface area (Å²) in [6, 6.07) is 0. The van der Waals surface area contributed by atoms with Gasteiger partial charge in [0.2, 0.25) is 0 Å². The van der Waals surface area contributed by atoms with Crippen molar-refractivity contribution in [2.24, 2.45) is 0 Å². The molecule has 1 heterocycles. The van der Waals surface area contributed by atoms with E-state index in [1.54, 1.807) is 11.3 Å². The zero-order chi connectivity index (χ0) is 13.7. The first kappa shape index (κ1) is 14.3. The second kappa shape index (κ2) is 4.45. The maximum absolute atomic E-state index is 12.0. The molecule has 0 radical (unpaired) electrons. The fourth-order valence-electron chi connectivity index (χ4n) is 3.00. The molecule has 100 valence electrons. The molecule has 0 fully saturated rings. The Balaban J connectivity index is 2.68. The predicted molar refractivity (Wildman–Crippen MR) is 82.5 cm³/mol. The molecule has 0 amide bonds. The van der Waals surface area contributed by atoms with E-state index in [2.05, 4.69) is 50.5 Å². The van der Waals surface area contributed by atoms with Gasteiger partial charge in [0.15, 0.2) is 5.78 Å². The average Bonchev–Trinajstić information content (AvgIpc) is 2.64. The first-order chi connectivity index (χ1) is 8.20. The lowest BCUT2D eigenvalue weighted by Gasteiger charge is -2.39. The van der Waals surface area contributed by atoms with Crippen LogP contribution in [0, 0.1) is 6.92 Å². The van der Waals surface area contributed by atoms with Gasteiger partial charge in [-0.05, 0) is 41.7 Å². The van der Waals surface area contributed by atoms with Crippen molar-refractivity contribution in [2.75, 3.05) is 5.33 Å². The monoisotopic (exact) mass is 328 g/mol. The van der Waals surface area contributed by atoms with Gasteiger partial charge >= 0.3 is 0 Å². The third-order valence-electron chi connectivity index (χ3n) is 4.19. The Bertz CT molecular complexity index is 497. The number of alkyl halides is 1. The highest BCUT2D eigenvalue weighted by Crippen LogP contribution is 2.51. The van der Waals surface area contributed by atoms with Gasteiger partial charge in [0.05, 0.1) is 10.2 Å². The summed E-state index contributed by atoms with van der Waals surface area (Å²) in [5.74, 6) is 0.221. The number of Topliss-reactive ketones (excluding diaryl/α,β-unsaturated/α-hetero) is 1. The molecule has 2 rings (SSSR count). The molecule has 3 heteroatoms. The van der Waals surface area contributed by atoms with Crippen LogP contribution in [-0.4, -0.2) is 11.1 Å². The van der Waals surface area contributed by atoms with Crippen LogP contribution in [0.15, 0.2) is 0 Å². The number of halogens is 1. The summed E-state index contributed by atoms with van der Waals surface area (Å²) in [4.78, 5) is 14.4. The first-order valence-electron chi connectivity index (χ1n) is 6.44. The van der Waals surface area contributed by atoms with E-state index < -0.39 is 0 Å². The highest BCUT2D eigenvalue weighted by molar-refractivity contribution is 9.09. The van der Waals surface area contributed by atoms with Gasteiger partial charge in [-0.2, -0.15) is 0 Å². The summed E-state index contributed by atoms with van der Waals surface area (Å²) >= 11 is 5.02. The van der Waals surface area contributed by atoms with Crippen molar-refractivity contribution in [1.82, 2.24) is 0 Å². The molecule has 0 saturated carbocycles. The van der Waals surface area contributed by atoms with Crippen molar-refractivity contribution in [3.8, 4) is 0 Å². The third-order valence-corrected chi connectivity index (χ3v) is 6.40. The van der Waals surface area contributed by atoms with E-state index >= 15 is 0 Å². The Hall–Kier alpha value is -0.150. The molecule has 0 N–H and O–H groups in total. The normalized spacial score (nSPS) is 20.6. The van der Waals surface area contributed by atoms with Crippen LogP contribution in [0.5, 0.6) is 0 Å². The second-order valence-corrected chi connectivity index (χ2v) is 8.17. The van der Waals surface area contributed by atoms with Crippen LogP contribution in [0.4, 0.5) is 0 Å². The zero-order valence-electron chi connectivity index (χ0n) is 11.8. The standard InChI is InChI=1S/C15H21BrOS/c1-9-11-13(18-12(9)10(17)8-16)15(4,5)7-6-14(11,2)3/h6-8H2,1-5H3. The van der Waals surface area contributed by atoms with Crippen LogP contribution < -0.4 is 0 Å². The largest absolute Gasteiger partial charge is 0.292 e. The molecule has 1 nitrogen and oxygen atoms in total. The Morgan fingerprint density at radius 2 is 1.78 bits per heavy atom. The van der Waals surface area contributed by atoms with Crippen molar-refractivity contribution < 1.29 is 4.79 Å². The van der Waals surface area contributed by atoms with Gasteiger partial charge in [-0.15, -0.1) is 11.3 Å². The average molecular weight is 329 g/mol. The maximum Gasteiger partial charge on any atom is 0.183 e. The van der Waals surface area contributed by atoms with Gasteiger partial charge in [-0.3, -0.25) is 4.79 Å². The SMILES string of the molecule is Cc1c(C(=O)CBr)sc2c1C(C)(C)CCC2(C)C. The molecule has 0 bridgehead atoms. The number of rotatable bonds is 2. The minimum absolute atomic E-state index is 0.205. The smallest absolute Gasteiger partial charge is 0.183 e. The Labute approximate surface area is 122 Å². The van der Waals surface area contributed by atoms with Gasteiger partial charge in [0.25, 0.3) is 0 Å². The van der Waals surface area contributed by atoms with Crippen molar-refractivity contribution in [3.63, 3.8) is 0 Å². The molecule has 18 heavy (non-hydrogen) atoms. The molecule has 0 saturated heterocycles. The number of thiophene rings is 1. The van der Waals surface area contributed by atoms with E-state index in [0.29, 0.717) is 5.33 Å². The lowest BCUT2D eigenvalue weighted by molar-refractivity contribution is 0.102. The van der Waals surface area contributed by atoms with E-state index in [-0.39, 0.29) is 16.6 Å². The highest BCUT2D eigenvalue weighted by Gasteiger charge is 2.41. The molecule has 1 aromatic rings. The molecule has 0 spiro atoms. The number of carbonyl (C=O) groups excluding carboxylic acids is 1. The molecular formula is C15H21BrOS. The number of fused-ring (bicyclic) bond motifs is 1.